The van der Waals surface area contributed by atoms with Crippen LogP contribution in [0.3, 0.4) is 0 Å². The molecule has 0 saturated carbocycles. The van der Waals surface area contributed by atoms with Gasteiger partial charge in [0.25, 0.3) is 0 Å². The normalized spacial score (nSPS) is 10.9. The van der Waals surface area contributed by atoms with Crippen LogP contribution in [0.5, 0.6) is 11.6 Å². The van der Waals surface area contributed by atoms with E-state index < -0.39 is 0 Å². The van der Waals surface area contributed by atoms with Crippen LogP contribution in [0.1, 0.15) is 32.0 Å². The first kappa shape index (κ1) is 25.1. The highest BCUT2D eigenvalue weighted by atomic mass is 35.5. The van der Waals surface area contributed by atoms with Crippen LogP contribution in [0, 0.1) is 0 Å². The van der Waals surface area contributed by atoms with E-state index in [4.69, 9.17) is 9.47 Å². The number of aryl methyl sites for hydroxylation is 1. The number of fused-ring (bicyclic) bond motifs is 1. The van der Waals surface area contributed by atoms with Crippen molar-refractivity contribution in [2.75, 3.05) is 0 Å². The van der Waals surface area contributed by atoms with E-state index in [0.29, 0.717) is 29.6 Å². The van der Waals surface area contributed by atoms with Crippen molar-refractivity contribution in [1.82, 2.24) is 30.6 Å². The van der Waals surface area contributed by atoms with E-state index in [1.54, 1.807) is 0 Å². The number of aromatic amines is 1. The van der Waals surface area contributed by atoms with E-state index in [0.717, 1.165) is 39.9 Å². The molecule has 2 aromatic carbocycles. The van der Waals surface area contributed by atoms with Gasteiger partial charge in [-0.15, -0.1) is 22.6 Å². The standard InChI is InChI=1S/C27H26N6O2.ClH/c1-4-20-15-24(26-23(28-20)13-14-25(29-26)35-17(2)3)34-16-18-9-11-19(12-10-18)21-7-5-6-8-22(21)27-30-32-33-31-27;/h5-15,17H,4,16H2,1-3H3,(H,30,31,32,33);1H. The molecule has 0 saturated heterocycles. The Morgan fingerprint density at radius 1 is 0.917 bits per heavy atom. The Bertz CT molecular complexity index is 1440. The molecule has 3 heterocycles. The van der Waals surface area contributed by atoms with Gasteiger partial charge in [0, 0.05) is 23.4 Å². The number of tetrazole rings is 1. The fraction of sp³-hybridized carbons (Fsp3) is 0.222. The van der Waals surface area contributed by atoms with Crippen LogP contribution in [-0.2, 0) is 13.0 Å². The zero-order valence-electron chi connectivity index (χ0n) is 20.3. The Labute approximate surface area is 215 Å². The summed E-state index contributed by atoms with van der Waals surface area (Å²) in [5.74, 6) is 1.83. The number of rotatable bonds is 8. The largest absolute Gasteiger partial charge is 0.486 e. The van der Waals surface area contributed by atoms with Gasteiger partial charge in [-0.3, -0.25) is 4.98 Å². The maximum atomic E-state index is 6.25. The van der Waals surface area contributed by atoms with E-state index >= 15 is 0 Å². The first-order valence-corrected chi connectivity index (χ1v) is 11.6. The average Bonchev–Trinajstić information content (AvgIpc) is 3.42. The summed E-state index contributed by atoms with van der Waals surface area (Å²) in [6, 6.07) is 22.0. The Morgan fingerprint density at radius 3 is 2.39 bits per heavy atom. The van der Waals surface area contributed by atoms with Crippen LogP contribution >= 0.6 is 12.4 Å². The number of nitrogens with zero attached hydrogens (tertiary/aromatic N) is 5. The number of hydrogen-bond donors (Lipinski definition) is 1. The molecule has 0 spiro atoms. The maximum absolute atomic E-state index is 6.25. The van der Waals surface area contributed by atoms with Crippen molar-refractivity contribution in [2.45, 2.75) is 39.9 Å². The molecule has 0 unspecified atom stereocenters. The lowest BCUT2D eigenvalue weighted by Crippen LogP contribution is -2.07. The highest BCUT2D eigenvalue weighted by molar-refractivity contribution is 5.85. The monoisotopic (exact) mass is 502 g/mol. The number of aromatic nitrogens is 6. The third-order valence-corrected chi connectivity index (χ3v) is 5.53. The third-order valence-electron chi connectivity index (χ3n) is 5.53. The van der Waals surface area contributed by atoms with Crippen LogP contribution in [0.15, 0.2) is 66.7 Å². The lowest BCUT2D eigenvalue weighted by atomic mass is 9.98. The van der Waals surface area contributed by atoms with Gasteiger partial charge in [0.1, 0.15) is 17.9 Å². The van der Waals surface area contributed by atoms with E-state index in [1.807, 2.05) is 50.2 Å². The van der Waals surface area contributed by atoms with Gasteiger partial charge in [0.15, 0.2) is 0 Å². The second-order valence-corrected chi connectivity index (χ2v) is 8.42. The predicted molar refractivity (Wildman–Crippen MR) is 141 cm³/mol. The van der Waals surface area contributed by atoms with Crippen LogP contribution in [-0.4, -0.2) is 36.7 Å². The summed E-state index contributed by atoms with van der Waals surface area (Å²) in [6.45, 7) is 6.44. The number of halogens is 1. The van der Waals surface area contributed by atoms with Gasteiger partial charge in [-0.05, 0) is 48.2 Å². The predicted octanol–water partition coefficient (Wildman–Crippen LogP) is 5.83. The first-order valence-electron chi connectivity index (χ1n) is 11.6. The molecule has 184 valence electrons. The number of pyridine rings is 2. The molecule has 8 nitrogen and oxygen atoms in total. The van der Waals surface area contributed by atoms with Crippen LogP contribution in [0.2, 0.25) is 0 Å². The number of hydrogen-bond acceptors (Lipinski definition) is 7. The van der Waals surface area contributed by atoms with Crippen LogP contribution < -0.4 is 9.47 Å². The Hall–Kier alpha value is -4.04. The minimum absolute atomic E-state index is 0. The number of ether oxygens (including phenoxy) is 2. The first-order chi connectivity index (χ1) is 17.1. The minimum Gasteiger partial charge on any atom is -0.486 e. The van der Waals surface area contributed by atoms with Crippen LogP contribution in [0.4, 0.5) is 0 Å². The van der Waals surface area contributed by atoms with Gasteiger partial charge in [-0.25, -0.2) is 4.98 Å². The molecule has 0 aliphatic rings. The SMILES string of the molecule is CCc1cc(OCc2ccc(-c3ccccc3-c3nn[nH]n3)cc2)c2nc(OC(C)C)ccc2n1.Cl. The zero-order valence-corrected chi connectivity index (χ0v) is 21.1. The number of H-pyrrole nitrogens is 1. The molecule has 0 aliphatic carbocycles. The van der Waals surface area contributed by atoms with E-state index in [1.165, 1.54) is 0 Å². The molecule has 0 bridgehead atoms. The summed E-state index contributed by atoms with van der Waals surface area (Å²) in [5, 5.41) is 14.5. The van der Waals surface area contributed by atoms with E-state index in [9.17, 15) is 0 Å². The molecule has 0 fully saturated rings. The zero-order chi connectivity index (χ0) is 24.2. The summed E-state index contributed by atoms with van der Waals surface area (Å²) >= 11 is 0. The quantitative estimate of drug-likeness (QED) is 0.285. The van der Waals surface area contributed by atoms with Crippen molar-refractivity contribution >= 4 is 23.4 Å². The van der Waals surface area contributed by atoms with Crippen molar-refractivity contribution in [3.8, 4) is 34.1 Å². The lowest BCUT2D eigenvalue weighted by molar-refractivity contribution is 0.233. The molecule has 0 atom stereocenters. The third kappa shape index (κ3) is 5.44. The fourth-order valence-corrected chi connectivity index (χ4v) is 3.86. The summed E-state index contributed by atoms with van der Waals surface area (Å²) < 4.78 is 12.0. The summed E-state index contributed by atoms with van der Waals surface area (Å²) in [4.78, 5) is 9.35. The van der Waals surface area contributed by atoms with Gasteiger partial charge in [0.2, 0.25) is 11.7 Å². The fourth-order valence-electron chi connectivity index (χ4n) is 3.86. The summed E-state index contributed by atoms with van der Waals surface area (Å²) in [7, 11) is 0. The average molecular weight is 503 g/mol. The summed E-state index contributed by atoms with van der Waals surface area (Å²) in [6.07, 6.45) is 0.848. The van der Waals surface area contributed by atoms with Crippen molar-refractivity contribution in [1.29, 1.82) is 0 Å². The van der Waals surface area contributed by atoms with Crippen molar-refractivity contribution < 1.29 is 9.47 Å². The van der Waals surface area contributed by atoms with Crippen molar-refractivity contribution in [3.63, 3.8) is 0 Å². The molecule has 5 aromatic rings. The van der Waals surface area contributed by atoms with Gasteiger partial charge < -0.3 is 9.47 Å². The van der Waals surface area contributed by atoms with Gasteiger partial charge in [0.05, 0.1) is 11.6 Å². The lowest BCUT2D eigenvalue weighted by Gasteiger charge is -2.13. The molecule has 3 aromatic heterocycles. The van der Waals surface area contributed by atoms with Gasteiger partial charge in [-0.2, -0.15) is 5.21 Å². The Balaban J connectivity index is 0.00000304. The Morgan fingerprint density at radius 2 is 1.69 bits per heavy atom. The second kappa shape index (κ2) is 11.1. The number of nitrogens with one attached hydrogen (secondary N) is 1. The van der Waals surface area contributed by atoms with Gasteiger partial charge >= 0.3 is 0 Å². The molecular formula is C27H27ClN6O2. The molecule has 0 aliphatic heterocycles. The van der Waals surface area contributed by atoms with E-state index in [-0.39, 0.29) is 18.5 Å². The summed E-state index contributed by atoms with van der Waals surface area (Å²) in [5.41, 5.74) is 6.52. The molecule has 36 heavy (non-hydrogen) atoms. The topological polar surface area (TPSA) is 98.7 Å². The number of benzene rings is 2. The maximum Gasteiger partial charge on any atom is 0.214 e. The molecular weight excluding hydrogens is 476 g/mol. The Kier molecular flexibility index (Phi) is 7.75. The highest BCUT2D eigenvalue weighted by Gasteiger charge is 2.13. The second-order valence-electron chi connectivity index (χ2n) is 8.42. The smallest absolute Gasteiger partial charge is 0.214 e. The molecule has 0 radical (unpaired) electrons. The minimum atomic E-state index is 0. The molecule has 5 rings (SSSR count). The van der Waals surface area contributed by atoms with Gasteiger partial charge in [-0.1, -0.05) is 55.5 Å². The van der Waals surface area contributed by atoms with Crippen molar-refractivity contribution in [2.24, 2.45) is 0 Å². The molecule has 0 amide bonds. The molecule has 9 heteroatoms. The molecule has 1 N–H and O–H groups in total. The van der Waals surface area contributed by atoms with Crippen LogP contribution in [0.25, 0.3) is 33.5 Å². The van der Waals surface area contributed by atoms with E-state index in [2.05, 4.69) is 67.8 Å². The van der Waals surface area contributed by atoms with Crippen molar-refractivity contribution in [3.05, 3.63) is 78.0 Å². The highest BCUT2D eigenvalue weighted by Crippen LogP contribution is 2.31.